The Hall–Kier alpha value is -1.43. The molecule has 0 fully saturated rings. The maximum atomic E-state index is 13.1. The van der Waals surface area contributed by atoms with Crippen LogP contribution in [0.15, 0.2) is 46.9 Å². The van der Waals surface area contributed by atoms with E-state index in [1.165, 1.54) is 6.07 Å². The van der Waals surface area contributed by atoms with E-state index < -0.39 is 11.9 Å². The fourth-order valence-electron chi connectivity index (χ4n) is 1.84. The largest absolute Gasteiger partial charge is 0.322 e. The minimum Gasteiger partial charge on any atom is -0.322 e. The van der Waals surface area contributed by atoms with Gasteiger partial charge in [-0.15, -0.1) is 0 Å². The van der Waals surface area contributed by atoms with Crippen molar-refractivity contribution in [2.75, 3.05) is 5.32 Å². The van der Waals surface area contributed by atoms with Crippen molar-refractivity contribution in [2.24, 2.45) is 5.73 Å². The van der Waals surface area contributed by atoms with E-state index in [0.29, 0.717) is 16.6 Å². The minimum absolute atomic E-state index is 0.113. The van der Waals surface area contributed by atoms with Crippen LogP contribution in [0.4, 0.5) is 10.1 Å². The number of hydrogen-bond donors (Lipinski definition) is 2. The van der Waals surface area contributed by atoms with Gasteiger partial charge in [0, 0.05) is 4.47 Å². The zero-order chi connectivity index (χ0) is 15.4. The number of nitrogens with two attached hydrogens (primary N) is 1. The molecule has 0 heterocycles. The Kier molecular flexibility index (Phi) is 5.33. The summed E-state index contributed by atoms with van der Waals surface area (Å²) in [5.41, 5.74) is 7.16. The molecule has 0 aromatic heterocycles. The van der Waals surface area contributed by atoms with Crippen molar-refractivity contribution in [3.05, 3.63) is 63.3 Å². The molecule has 1 unspecified atom stereocenters. The van der Waals surface area contributed by atoms with Crippen LogP contribution >= 0.6 is 27.5 Å². The predicted octanol–water partition coefficient (Wildman–Crippen LogP) is 3.75. The number of rotatable bonds is 4. The molecule has 21 heavy (non-hydrogen) atoms. The lowest BCUT2D eigenvalue weighted by atomic mass is 10.1. The Morgan fingerprint density at radius 2 is 2.00 bits per heavy atom. The Labute approximate surface area is 135 Å². The number of anilines is 1. The highest BCUT2D eigenvalue weighted by Crippen LogP contribution is 2.31. The summed E-state index contributed by atoms with van der Waals surface area (Å²) in [6.45, 7) is 0. The van der Waals surface area contributed by atoms with Crippen molar-refractivity contribution in [1.29, 1.82) is 0 Å². The van der Waals surface area contributed by atoms with Gasteiger partial charge in [0.05, 0.1) is 16.8 Å². The molecule has 0 aliphatic carbocycles. The van der Waals surface area contributed by atoms with Crippen LogP contribution in [-0.4, -0.2) is 11.9 Å². The monoisotopic (exact) mass is 370 g/mol. The summed E-state index contributed by atoms with van der Waals surface area (Å²) in [5.74, 6) is -0.869. The first-order valence-electron chi connectivity index (χ1n) is 6.22. The van der Waals surface area contributed by atoms with Crippen molar-refractivity contribution >= 4 is 39.1 Å². The average Bonchev–Trinajstić information content (AvgIpc) is 2.43. The fourth-order valence-corrected chi connectivity index (χ4v) is 2.74. The summed E-state index contributed by atoms with van der Waals surface area (Å²) >= 11 is 9.08. The van der Waals surface area contributed by atoms with E-state index >= 15 is 0 Å². The highest BCUT2D eigenvalue weighted by atomic mass is 79.9. The van der Waals surface area contributed by atoms with E-state index in [1.54, 1.807) is 0 Å². The third-order valence-corrected chi connectivity index (χ3v) is 3.81. The van der Waals surface area contributed by atoms with E-state index in [9.17, 15) is 9.18 Å². The third kappa shape index (κ3) is 4.27. The maximum Gasteiger partial charge on any atom is 0.241 e. The highest BCUT2D eigenvalue weighted by Gasteiger charge is 2.17. The van der Waals surface area contributed by atoms with Gasteiger partial charge in [-0.3, -0.25) is 4.79 Å². The van der Waals surface area contributed by atoms with Crippen molar-refractivity contribution in [1.82, 2.24) is 0 Å². The van der Waals surface area contributed by atoms with E-state index in [1.807, 2.05) is 30.3 Å². The van der Waals surface area contributed by atoms with E-state index in [4.69, 9.17) is 17.3 Å². The minimum atomic E-state index is -0.722. The zero-order valence-corrected chi connectivity index (χ0v) is 13.3. The van der Waals surface area contributed by atoms with Crippen LogP contribution in [0.3, 0.4) is 0 Å². The lowest BCUT2D eigenvalue weighted by molar-refractivity contribution is -0.117. The first kappa shape index (κ1) is 15.9. The Balaban J connectivity index is 2.08. The summed E-state index contributed by atoms with van der Waals surface area (Å²) in [6.07, 6.45) is 0.406. The molecule has 110 valence electrons. The standard InChI is InChI=1S/C15H13BrClFN2O/c16-11-7-10(18)8-12(17)14(11)20-15(21)13(19)6-9-4-2-1-3-5-9/h1-5,7-8,13H,6,19H2,(H,20,21). The van der Waals surface area contributed by atoms with Crippen LogP contribution in [0.25, 0.3) is 0 Å². The topological polar surface area (TPSA) is 55.1 Å². The van der Waals surface area contributed by atoms with E-state index in [2.05, 4.69) is 21.2 Å². The Morgan fingerprint density at radius 3 is 2.62 bits per heavy atom. The summed E-state index contributed by atoms with van der Waals surface area (Å²) < 4.78 is 13.5. The van der Waals surface area contributed by atoms with Gasteiger partial charge in [-0.05, 0) is 40.0 Å². The second-order valence-electron chi connectivity index (χ2n) is 4.53. The van der Waals surface area contributed by atoms with E-state index in [0.717, 1.165) is 11.6 Å². The van der Waals surface area contributed by atoms with Gasteiger partial charge in [0.2, 0.25) is 5.91 Å². The SMILES string of the molecule is NC(Cc1ccccc1)C(=O)Nc1c(Cl)cc(F)cc1Br. The van der Waals surface area contributed by atoms with Crippen LogP contribution in [0.2, 0.25) is 5.02 Å². The second-order valence-corrected chi connectivity index (χ2v) is 5.79. The third-order valence-electron chi connectivity index (χ3n) is 2.89. The van der Waals surface area contributed by atoms with Crippen molar-refractivity contribution in [3.8, 4) is 0 Å². The molecule has 0 saturated heterocycles. The predicted molar refractivity (Wildman–Crippen MR) is 85.9 cm³/mol. The van der Waals surface area contributed by atoms with Gasteiger partial charge in [-0.1, -0.05) is 41.9 Å². The van der Waals surface area contributed by atoms with Crippen LogP contribution in [0, 0.1) is 5.82 Å². The van der Waals surface area contributed by atoms with E-state index in [-0.39, 0.29) is 10.9 Å². The summed E-state index contributed by atoms with van der Waals surface area (Å²) in [5, 5.41) is 2.73. The molecule has 0 aliphatic rings. The normalized spacial score (nSPS) is 12.0. The van der Waals surface area contributed by atoms with Crippen LogP contribution in [-0.2, 0) is 11.2 Å². The molecule has 2 rings (SSSR count). The van der Waals surface area contributed by atoms with Crippen LogP contribution in [0.1, 0.15) is 5.56 Å². The molecular formula is C15H13BrClFN2O. The summed E-state index contributed by atoms with van der Waals surface area (Å²) in [4.78, 5) is 12.1. The molecular weight excluding hydrogens is 359 g/mol. The molecule has 0 spiro atoms. The number of halogens is 3. The molecule has 2 aromatic carbocycles. The van der Waals surface area contributed by atoms with Gasteiger partial charge >= 0.3 is 0 Å². The molecule has 0 saturated carbocycles. The molecule has 0 bridgehead atoms. The van der Waals surface area contributed by atoms with Crippen LogP contribution in [0.5, 0.6) is 0 Å². The van der Waals surface area contributed by atoms with Gasteiger partial charge in [0.25, 0.3) is 0 Å². The van der Waals surface area contributed by atoms with Crippen molar-refractivity contribution in [3.63, 3.8) is 0 Å². The van der Waals surface area contributed by atoms with Crippen LogP contribution < -0.4 is 11.1 Å². The molecule has 1 atom stereocenters. The Bertz CT molecular complexity index is 628. The van der Waals surface area contributed by atoms with Gasteiger partial charge < -0.3 is 11.1 Å². The summed E-state index contributed by atoms with van der Waals surface area (Å²) in [6, 6.07) is 11.1. The number of carbonyl (C=O) groups excluding carboxylic acids is 1. The maximum absolute atomic E-state index is 13.1. The number of benzene rings is 2. The quantitative estimate of drug-likeness (QED) is 0.860. The molecule has 0 aliphatic heterocycles. The Morgan fingerprint density at radius 1 is 1.33 bits per heavy atom. The first-order chi connectivity index (χ1) is 9.97. The first-order valence-corrected chi connectivity index (χ1v) is 7.39. The van der Waals surface area contributed by atoms with Gasteiger partial charge in [-0.25, -0.2) is 4.39 Å². The number of hydrogen-bond acceptors (Lipinski definition) is 2. The average molecular weight is 372 g/mol. The lowest BCUT2D eigenvalue weighted by Crippen LogP contribution is -2.37. The number of carbonyl (C=O) groups is 1. The molecule has 1 amide bonds. The van der Waals surface area contributed by atoms with Gasteiger partial charge in [0.1, 0.15) is 5.82 Å². The number of amides is 1. The smallest absolute Gasteiger partial charge is 0.241 e. The summed E-state index contributed by atoms with van der Waals surface area (Å²) in [7, 11) is 0. The van der Waals surface area contributed by atoms with Crippen molar-refractivity contribution in [2.45, 2.75) is 12.5 Å². The molecule has 3 nitrogen and oxygen atoms in total. The lowest BCUT2D eigenvalue weighted by Gasteiger charge is -2.14. The number of nitrogens with one attached hydrogen (secondary N) is 1. The molecule has 3 N–H and O–H groups in total. The van der Waals surface area contributed by atoms with Gasteiger partial charge in [0.15, 0.2) is 0 Å². The van der Waals surface area contributed by atoms with Gasteiger partial charge in [-0.2, -0.15) is 0 Å². The fraction of sp³-hybridized carbons (Fsp3) is 0.133. The van der Waals surface area contributed by atoms with Crippen molar-refractivity contribution < 1.29 is 9.18 Å². The highest BCUT2D eigenvalue weighted by molar-refractivity contribution is 9.10. The zero-order valence-electron chi connectivity index (χ0n) is 10.9. The second kappa shape index (κ2) is 7.02. The molecule has 0 radical (unpaired) electrons. The molecule has 2 aromatic rings. The molecule has 6 heteroatoms.